The van der Waals surface area contributed by atoms with Crippen molar-refractivity contribution in [1.82, 2.24) is 0 Å². The van der Waals surface area contributed by atoms with Crippen molar-refractivity contribution in [2.24, 2.45) is 11.3 Å². The van der Waals surface area contributed by atoms with Crippen LogP contribution >= 0.6 is 0 Å². The minimum absolute atomic E-state index is 0.237. The molecule has 160 valence electrons. The molecular weight excluding hydrogens is 394 g/mol. The van der Waals surface area contributed by atoms with Gasteiger partial charge in [-0.1, -0.05) is 38.5 Å². The van der Waals surface area contributed by atoms with Gasteiger partial charge in [-0.2, -0.15) is 0 Å². The molecular formula is C25H31NO3S. The molecule has 0 fully saturated rings. The molecule has 30 heavy (non-hydrogen) atoms. The lowest BCUT2D eigenvalue weighted by Gasteiger charge is -2.33. The van der Waals surface area contributed by atoms with E-state index in [9.17, 15) is 8.42 Å². The first-order chi connectivity index (χ1) is 14.0. The summed E-state index contributed by atoms with van der Waals surface area (Å²) in [5, 5.41) is 1.02. The van der Waals surface area contributed by atoms with Crippen molar-refractivity contribution >= 4 is 26.7 Å². The summed E-state index contributed by atoms with van der Waals surface area (Å²) in [5.74, 6) is 1.64. The number of furan rings is 1. The number of benzene rings is 2. The summed E-state index contributed by atoms with van der Waals surface area (Å²) < 4.78 is 35.2. The Kier molecular flexibility index (Phi) is 5.00. The molecule has 0 amide bonds. The van der Waals surface area contributed by atoms with Gasteiger partial charge in [0.05, 0.1) is 4.90 Å². The average Bonchev–Trinajstić information content (AvgIpc) is 2.96. The van der Waals surface area contributed by atoms with Crippen LogP contribution in [0, 0.1) is 32.1 Å². The van der Waals surface area contributed by atoms with E-state index in [2.05, 4.69) is 25.5 Å². The van der Waals surface area contributed by atoms with Crippen LogP contribution in [-0.2, 0) is 22.9 Å². The highest BCUT2D eigenvalue weighted by atomic mass is 32.2. The minimum Gasteiger partial charge on any atom is -0.461 e. The van der Waals surface area contributed by atoms with Crippen molar-refractivity contribution < 1.29 is 12.8 Å². The van der Waals surface area contributed by atoms with Gasteiger partial charge < -0.3 is 4.42 Å². The zero-order chi connectivity index (χ0) is 21.8. The second-order valence-corrected chi connectivity index (χ2v) is 11.5. The molecule has 1 aromatic heterocycles. The van der Waals surface area contributed by atoms with E-state index in [1.54, 1.807) is 6.07 Å². The number of rotatable bonds is 3. The molecule has 0 unspecified atom stereocenters. The van der Waals surface area contributed by atoms with Crippen LogP contribution in [0.2, 0.25) is 0 Å². The Hall–Kier alpha value is -2.27. The van der Waals surface area contributed by atoms with Crippen LogP contribution in [0.4, 0.5) is 5.69 Å². The number of nitrogens with one attached hydrogen (secondary N) is 1. The summed E-state index contributed by atoms with van der Waals surface area (Å²) in [6.07, 6.45) is 3.04. The molecule has 0 saturated carbocycles. The fraction of sp³-hybridized carbons (Fsp3) is 0.440. The second kappa shape index (κ2) is 7.16. The molecule has 0 bridgehead atoms. The van der Waals surface area contributed by atoms with E-state index in [0.717, 1.165) is 52.7 Å². The Balaban J connectivity index is 1.72. The van der Waals surface area contributed by atoms with E-state index in [0.29, 0.717) is 16.5 Å². The van der Waals surface area contributed by atoms with Crippen molar-refractivity contribution in [3.8, 4) is 0 Å². The Labute approximate surface area is 179 Å². The number of sulfonamides is 1. The SMILES string of the molecule is Cc1cc(C)c(S(=O)(=O)Nc2ccc3oc4c(c3c2)C[C@H](C(C)(C)C)CC4)c(C)c1. The Morgan fingerprint density at radius 1 is 1.03 bits per heavy atom. The van der Waals surface area contributed by atoms with Gasteiger partial charge in [-0.3, -0.25) is 4.72 Å². The van der Waals surface area contributed by atoms with Crippen molar-refractivity contribution in [3.05, 3.63) is 58.3 Å². The largest absolute Gasteiger partial charge is 0.461 e. The predicted molar refractivity (Wildman–Crippen MR) is 123 cm³/mol. The lowest BCUT2D eigenvalue weighted by Crippen LogP contribution is -2.26. The van der Waals surface area contributed by atoms with E-state index in [1.807, 2.05) is 45.0 Å². The monoisotopic (exact) mass is 425 g/mol. The van der Waals surface area contributed by atoms with Crippen molar-refractivity contribution in [1.29, 1.82) is 0 Å². The van der Waals surface area contributed by atoms with Crippen LogP contribution in [0.5, 0.6) is 0 Å². The smallest absolute Gasteiger partial charge is 0.262 e. The molecule has 4 rings (SSSR count). The first-order valence-electron chi connectivity index (χ1n) is 10.6. The lowest BCUT2D eigenvalue weighted by atomic mass is 9.71. The molecule has 4 nitrogen and oxygen atoms in total. The van der Waals surface area contributed by atoms with Crippen LogP contribution in [0.15, 0.2) is 39.6 Å². The molecule has 1 atom stereocenters. The van der Waals surface area contributed by atoms with Crippen LogP contribution < -0.4 is 4.72 Å². The molecule has 0 saturated heterocycles. The Bertz CT molecular complexity index is 1210. The molecule has 1 heterocycles. The Morgan fingerprint density at radius 2 is 1.70 bits per heavy atom. The highest BCUT2D eigenvalue weighted by molar-refractivity contribution is 7.92. The van der Waals surface area contributed by atoms with Crippen LogP contribution in [0.1, 0.15) is 55.2 Å². The van der Waals surface area contributed by atoms with Crippen molar-refractivity contribution in [2.75, 3.05) is 4.72 Å². The normalized spacial score (nSPS) is 17.2. The number of aryl methyl sites for hydroxylation is 4. The van der Waals surface area contributed by atoms with E-state index in [1.165, 1.54) is 5.56 Å². The third-order valence-electron chi connectivity index (χ3n) is 6.40. The third kappa shape index (κ3) is 3.76. The zero-order valence-electron chi connectivity index (χ0n) is 18.7. The van der Waals surface area contributed by atoms with Gasteiger partial charge in [0.25, 0.3) is 10.0 Å². The molecule has 5 heteroatoms. The third-order valence-corrected chi connectivity index (χ3v) is 8.08. The van der Waals surface area contributed by atoms with Crippen molar-refractivity contribution in [2.45, 2.75) is 65.7 Å². The Morgan fingerprint density at radius 3 is 2.33 bits per heavy atom. The fourth-order valence-corrected chi connectivity index (χ4v) is 6.38. The van der Waals surface area contributed by atoms with E-state index >= 15 is 0 Å². The molecule has 0 radical (unpaired) electrons. The van der Waals surface area contributed by atoms with Crippen molar-refractivity contribution in [3.63, 3.8) is 0 Å². The van der Waals surface area contributed by atoms with Crippen LogP contribution in [0.25, 0.3) is 11.0 Å². The number of anilines is 1. The topological polar surface area (TPSA) is 59.3 Å². The van der Waals surface area contributed by atoms with Gasteiger partial charge in [0.15, 0.2) is 0 Å². The first-order valence-corrected chi connectivity index (χ1v) is 12.1. The quantitative estimate of drug-likeness (QED) is 0.535. The van der Waals surface area contributed by atoms with Gasteiger partial charge in [-0.05, 0) is 74.3 Å². The maximum Gasteiger partial charge on any atom is 0.262 e. The molecule has 1 N–H and O–H groups in total. The molecule has 0 spiro atoms. The summed E-state index contributed by atoms with van der Waals surface area (Å²) in [6.45, 7) is 12.5. The van der Waals surface area contributed by atoms with Gasteiger partial charge >= 0.3 is 0 Å². The van der Waals surface area contributed by atoms with Gasteiger partial charge in [-0.15, -0.1) is 0 Å². The fourth-order valence-electron chi connectivity index (χ4n) is 4.88. The van der Waals surface area contributed by atoms with E-state index in [-0.39, 0.29) is 5.41 Å². The summed E-state index contributed by atoms with van der Waals surface area (Å²) in [6, 6.07) is 9.41. The number of fused-ring (bicyclic) bond motifs is 3. The number of hydrogen-bond acceptors (Lipinski definition) is 3. The minimum atomic E-state index is -3.68. The maximum absolute atomic E-state index is 13.2. The molecule has 0 aliphatic heterocycles. The molecule has 1 aliphatic carbocycles. The summed E-state index contributed by atoms with van der Waals surface area (Å²) in [4.78, 5) is 0.357. The van der Waals surface area contributed by atoms with E-state index in [4.69, 9.17) is 4.42 Å². The van der Waals surface area contributed by atoms with Gasteiger partial charge in [0.1, 0.15) is 11.3 Å². The second-order valence-electron chi connectivity index (χ2n) is 9.85. The highest BCUT2D eigenvalue weighted by Gasteiger charge is 2.31. The molecule has 3 aromatic rings. The molecule has 1 aliphatic rings. The summed E-state index contributed by atoms with van der Waals surface area (Å²) in [5.41, 5.74) is 5.46. The van der Waals surface area contributed by atoms with Gasteiger partial charge in [0, 0.05) is 23.1 Å². The molecule has 2 aromatic carbocycles. The summed E-state index contributed by atoms with van der Waals surface area (Å²) >= 11 is 0. The van der Waals surface area contributed by atoms with E-state index < -0.39 is 10.0 Å². The predicted octanol–water partition coefficient (Wildman–Crippen LogP) is 6.31. The highest BCUT2D eigenvalue weighted by Crippen LogP contribution is 2.41. The average molecular weight is 426 g/mol. The maximum atomic E-state index is 13.2. The van der Waals surface area contributed by atoms with Crippen LogP contribution in [0.3, 0.4) is 0 Å². The lowest BCUT2D eigenvalue weighted by molar-refractivity contribution is 0.210. The summed E-state index contributed by atoms with van der Waals surface area (Å²) in [7, 11) is -3.68. The van der Waals surface area contributed by atoms with Gasteiger partial charge in [-0.25, -0.2) is 8.42 Å². The first kappa shape index (κ1) is 21.0. The zero-order valence-corrected chi connectivity index (χ0v) is 19.5. The number of hydrogen-bond donors (Lipinski definition) is 1. The standard InChI is InChI=1S/C25H31NO3S/c1-15-11-16(2)24(17(3)12-15)30(27,28)26-19-8-10-23-21(14-19)20-13-18(25(4,5)6)7-9-22(20)29-23/h8,10-12,14,18,26H,7,9,13H2,1-6H3/t18-/m1/s1. The van der Waals surface area contributed by atoms with Gasteiger partial charge in [0.2, 0.25) is 0 Å². The van der Waals surface area contributed by atoms with Crippen LogP contribution in [-0.4, -0.2) is 8.42 Å².